The number of ether oxygens (including phenoxy) is 2. The lowest BCUT2D eigenvalue weighted by atomic mass is 10.2. The highest BCUT2D eigenvalue weighted by Crippen LogP contribution is 2.19. The molecule has 1 aromatic rings. The second-order valence-electron chi connectivity index (χ2n) is 5.91. The summed E-state index contributed by atoms with van der Waals surface area (Å²) in [6, 6.07) is 7.93. The maximum atomic E-state index is 11.7. The van der Waals surface area contributed by atoms with Crippen molar-refractivity contribution in [3.05, 3.63) is 24.3 Å². The van der Waals surface area contributed by atoms with Crippen LogP contribution >= 0.6 is 0 Å². The van der Waals surface area contributed by atoms with Gasteiger partial charge in [0, 0.05) is 18.0 Å². The molecule has 1 aromatic carbocycles. The Morgan fingerprint density at radius 1 is 1.35 bits per heavy atom. The van der Waals surface area contributed by atoms with Gasteiger partial charge in [0.25, 0.3) is 0 Å². The van der Waals surface area contributed by atoms with Crippen LogP contribution in [0.15, 0.2) is 24.3 Å². The van der Waals surface area contributed by atoms with Crippen LogP contribution < -0.4 is 10.6 Å². The van der Waals surface area contributed by atoms with Gasteiger partial charge in [-0.3, -0.25) is 5.32 Å². The third-order valence-corrected chi connectivity index (χ3v) is 2.81. The van der Waals surface area contributed by atoms with Crippen LogP contribution in [0.5, 0.6) is 0 Å². The number of rotatable bonds is 3. The van der Waals surface area contributed by atoms with Crippen molar-refractivity contribution in [1.29, 1.82) is 0 Å². The first-order valence-corrected chi connectivity index (χ1v) is 6.87. The predicted molar refractivity (Wildman–Crippen MR) is 79.1 cm³/mol. The molecular weight excluding hydrogens is 256 g/mol. The topological polar surface area (TPSA) is 59.6 Å². The van der Waals surface area contributed by atoms with E-state index in [4.69, 9.17) is 9.47 Å². The van der Waals surface area contributed by atoms with E-state index in [0.717, 1.165) is 25.3 Å². The van der Waals surface area contributed by atoms with Gasteiger partial charge in [-0.1, -0.05) is 6.07 Å². The molecule has 1 heterocycles. The van der Waals surface area contributed by atoms with Crippen molar-refractivity contribution in [2.45, 2.75) is 38.8 Å². The van der Waals surface area contributed by atoms with Gasteiger partial charge < -0.3 is 14.8 Å². The average molecular weight is 278 g/mol. The molecule has 0 bridgehead atoms. The Balaban J connectivity index is 1.93. The van der Waals surface area contributed by atoms with Crippen molar-refractivity contribution in [3.63, 3.8) is 0 Å². The lowest BCUT2D eigenvalue weighted by Gasteiger charge is -2.20. The van der Waals surface area contributed by atoms with Crippen LogP contribution in [-0.4, -0.2) is 30.9 Å². The van der Waals surface area contributed by atoms with E-state index in [1.807, 2.05) is 45.0 Å². The first-order valence-electron chi connectivity index (χ1n) is 6.87. The standard InChI is InChI=1S/C15H22N2O3/c1-15(2,3)20-14(18)17-12-6-4-5-11(9-12)16-13-7-8-19-10-13/h4-6,9,13,16H,7-8,10H2,1-3H3,(H,17,18). The second-order valence-corrected chi connectivity index (χ2v) is 5.91. The quantitative estimate of drug-likeness (QED) is 0.891. The number of hydrogen-bond acceptors (Lipinski definition) is 4. The third-order valence-electron chi connectivity index (χ3n) is 2.81. The molecule has 2 N–H and O–H groups in total. The maximum Gasteiger partial charge on any atom is 0.412 e. The molecule has 0 aliphatic carbocycles. The minimum Gasteiger partial charge on any atom is -0.444 e. The SMILES string of the molecule is CC(C)(C)OC(=O)Nc1cccc(NC2CCOC2)c1. The van der Waals surface area contributed by atoms with Gasteiger partial charge >= 0.3 is 6.09 Å². The van der Waals surface area contributed by atoms with E-state index < -0.39 is 11.7 Å². The molecule has 0 radical (unpaired) electrons. The predicted octanol–water partition coefficient (Wildman–Crippen LogP) is 3.23. The molecule has 0 spiro atoms. The normalized spacial score (nSPS) is 18.6. The summed E-state index contributed by atoms with van der Waals surface area (Å²) in [7, 11) is 0. The Bertz CT molecular complexity index is 462. The van der Waals surface area contributed by atoms with Gasteiger partial charge in [0.15, 0.2) is 0 Å². The van der Waals surface area contributed by atoms with Crippen LogP contribution in [0, 0.1) is 0 Å². The molecule has 5 heteroatoms. The number of benzene rings is 1. The lowest BCUT2D eigenvalue weighted by Crippen LogP contribution is -2.27. The van der Waals surface area contributed by atoms with Gasteiger partial charge in [-0.2, -0.15) is 0 Å². The molecule has 1 unspecified atom stereocenters. The number of anilines is 2. The van der Waals surface area contributed by atoms with Crippen LogP contribution in [0.3, 0.4) is 0 Å². The number of amides is 1. The van der Waals surface area contributed by atoms with Crippen molar-refractivity contribution < 1.29 is 14.3 Å². The lowest BCUT2D eigenvalue weighted by molar-refractivity contribution is 0.0636. The Morgan fingerprint density at radius 3 is 2.75 bits per heavy atom. The summed E-state index contributed by atoms with van der Waals surface area (Å²) >= 11 is 0. The summed E-state index contributed by atoms with van der Waals surface area (Å²) in [5, 5.41) is 6.12. The summed E-state index contributed by atoms with van der Waals surface area (Å²) in [6.07, 6.45) is 0.558. The van der Waals surface area contributed by atoms with Crippen molar-refractivity contribution >= 4 is 17.5 Å². The smallest absolute Gasteiger partial charge is 0.412 e. The van der Waals surface area contributed by atoms with Gasteiger partial charge in [-0.15, -0.1) is 0 Å². The molecule has 20 heavy (non-hydrogen) atoms. The summed E-state index contributed by atoms with van der Waals surface area (Å²) in [4.78, 5) is 11.7. The largest absolute Gasteiger partial charge is 0.444 e. The Labute approximate surface area is 119 Å². The molecule has 1 amide bonds. The summed E-state index contributed by atoms with van der Waals surface area (Å²) in [6.45, 7) is 7.04. The zero-order valence-electron chi connectivity index (χ0n) is 12.2. The zero-order chi connectivity index (χ0) is 14.6. The first-order chi connectivity index (χ1) is 9.42. The molecule has 1 fully saturated rings. The third kappa shape index (κ3) is 4.74. The van der Waals surface area contributed by atoms with E-state index in [-0.39, 0.29) is 0 Å². The molecule has 1 aliphatic rings. The monoisotopic (exact) mass is 278 g/mol. The van der Waals surface area contributed by atoms with Gasteiger partial charge in [-0.05, 0) is 45.4 Å². The molecule has 5 nitrogen and oxygen atoms in total. The van der Waals surface area contributed by atoms with Gasteiger partial charge in [-0.25, -0.2) is 4.79 Å². The maximum absolute atomic E-state index is 11.7. The molecule has 0 saturated carbocycles. The molecule has 1 aliphatic heterocycles. The molecule has 1 atom stereocenters. The van der Waals surface area contributed by atoms with Crippen LogP contribution in [-0.2, 0) is 9.47 Å². The highest BCUT2D eigenvalue weighted by atomic mass is 16.6. The number of carbonyl (C=O) groups is 1. The van der Waals surface area contributed by atoms with E-state index in [9.17, 15) is 4.79 Å². The van der Waals surface area contributed by atoms with E-state index in [2.05, 4.69) is 10.6 Å². The minimum atomic E-state index is -0.499. The fourth-order valence-electron chi connectivity index (χ4n) is 1.99. The number of carbonyl (C=O) groups excluding carboxylic acids is 1. The van der Waals surface area contributed by atoms with Crippen molar-refractivity contribution in [2.75, 3.05) is 23.8 Å². The van der Waals surface area contributed by atoms with E-state index >= 15 is 0 Å². The van der Waals surface area contributed by atoms with E-state index in [1.165, 1.54) is 0 Å². The van der Waals surface area contributed by atoms with Crippen LogP contribution in [0.2, 0.25) is 0 Å². The first kappa shape index (κ1) is 14.7. The van der Waals surface area contributed by atoms with Crippen LogP contribution in [0.4, 0.5) is 16.2 Å². The van der Waals surface area contributed by atoms with Crippen molar-refractivity contribution in [1.82, 2.24) is 0 Å². The highest BCUT2D eigenvalue weighted by Gasteiger charge is 2.17. The number of hydrogen-bond donors (Lipinski definition) is 2. The van der Waals surface area contributed by atoms with E-state index in [0.29, 0.717) is 11.7 Å². The molecule has 1 saturated heterocycles. The second kappa shape index (κ2) is 6.13. The Kier molecular flexibility index (Phi) is 4.49. The zero-order valence-corrected chi connectivity index (χ0v) is 12.2. The Hall–Kier alpha value is -1.75. The number of nitrogens with one attached hydrogen (secondary N) is 2. The molecular formula is C15H22N2O3. The van der Waals surface area contributed by atoms with Crippen LogP contribution in [0.25, 0.3) is 0 Å². The fourth-order valence-corrected chi connectivity index (χ4v) is 1.99. The summed E-state index contributed by atoms with van der Waals surface area (Å²) in [5.74, 6) is 0. The molecule has 110 valence electrons. The fraction of sp³-hybridized carbons (Fsp3) is 0.533. The van der Waals surface area contributed by atoms with E-state index in [1.54, 1.807) is 0 Å². The summed E-state index contributed by atoms with van der Waals surface area (Å²) in [5.41, 5.74) is 1.18. The van der Waals surface area contributed by atoms with Crippen LogP contribution in [0.1, 0.15) is 27.2 Å². The molecule has 2 rings (SSSR count). The highest BCUT2D eigenvalue weighted by molar-refractivity contribution is 5.85. The minimum absolute atomic E-state index is 0.340. The van der Waals surface area contributed by atoms with Crippen molar-refractivity contribution in [3.8, 4) is 0 Å². The van der Waals surface area contributed by atoms with Crippen molar-refractivity contribution in [2.24, 2.45) is 0 Å². The van der Waals surface area contributed by atoms with Gasteiger partial charge in [0.2, 0.25) is 0 Å². The Morgan fingerprint density at radius 2 is 2.10 bits per heavy atom. The molecule has 0 aromatic heterocycles. The van der Waals surface area contributed by atoms with Gasteiger partial charge in [0.05, 0.1) is 12.6 Å². The summed E-state index contributed by atoms with van der Waals surface area (Å²) < 4.78 is 10.6. The van der Waals surface area contributed by atoms with Gasteiger partial charge in [0.1, 0.15) is 5.60 Å². The average Bonchev–Trinajstić information content (AvgIpc) is 2.79.